The number of fused-ring (bicyclic) bond motifs is 1. The minimum absolute atomic E-state index is 0.0701. The largest absolute Gasteiger partial charge is 0.458 e. The number of rotatable bonds is 3. The second kappa shape index (κ2) is 8.93. The molecule has 2 aliphatic rings. The number of carbonyl (C=O) groups excluding carboxylic acids is 4. The Bertz CT molecular complexity index is 750. The topological polar surface area (TPSA) is 96.0 Å². The molecule has 0 amide bonds. The number of Topliss-reactive ketones (excluding diaryl/α,β-unsaturated/α-hetero) is 1. The van der Waals surface area contributed by atoms with Crippen LogP contribution in [-0.2, 0) is 33.4 Å². The summed E-state index contributed by atoms with van der Waals surface area (Å²) in [4.78, 5) is 49.4. The van der Waals surface area contributed by atoms with Crippen LogP contribution in [0.15, 0.2) is 23.8 Å². The summed E-state index contributed by atoms with van der Waals surface area (Å²) < 4.78 is 16.7. The summed E-state index contributed by atoms with van der Waals surface area (Å²) in [5, 5.41) is 0. The Hall–Kier alpha value is -2.44. The first-order valence-electron chi connectivity index (χ1n) is 9.95. The molecule has 0 radical (unpaired) electrons. The van der Waals surface area contributed by atoms with E-state index in [2.05, 4.69) is 6.58 Å². The van der Waals surface area contributed by atoms with Crippen molar-refractivity contribution in [2.45, 2.75) is 78.1 Å². The monoisotopic (exact) mass is 406 g/mol. The summed E-state index contributed by atoms with van der Waals surface area (Å²) in [5.41, 5.74) is -0.881. The van der Waals surface area contributed by atoms with Gasteiger partial charge in [0, 0.05) is 30.9 Å². The summed E-state index contributed by atoms with van der Waals surface area (Å²) in [5.74, 6) is -2.47. The van der Waals surface area contributed by atoms with Gasteiger partial charge in [0.25, 0.3) is 0 Å². The summed E-state index contributed by atoms with van der Waals surface area (Å²) in [6, 6.07) is 0. The Morgan fingerprint density at radius 2 is 1.93 bits per heavy atom. The van der Waals surface area contributed by atoms with E-state index in [1.807, 2.05) is 6.92 Å². The molecule has 0 aromatic heterocycles. The van der Waals surface area contributed by atoms with E-state index < -0.39 is 41.6 Å². The second-order valence-corrected chi connectivity index (χ2v) is 8.24. The molecule has 2 fully saturated rings. The van der Waals surface area contributed by atoms with Crippen LogP contribution < -0.4 is 0 Å². The molecule has 29 heavy (non-hydrogen) atoms. The zero-order chi connectivity index (χ0) is 21.9. The third-order valence-corrected chi connectivity index (χ3v) is 5.79. The lowest BCUT2D eigenvalue weighted by Gasteiger charge is -2.36. The SMILES string of the molecule is C=C1C(=O)OC2CC(C)CCC(=O)C(C)(OC(C)=O)CC(OC(=O)C(C)=CC)C12. The van der Waals surface area contributed by atoms with Gasteiger partial charge in [0.1, 0.15) is 12.2 Å². The van der Waals surface area contributed by atoms with E-state index in [0.29, 0.717) is 18.4 Å². The highest BCUT2D eigenvalue weighted by Gasteiger charge is 2.50. The number of hydrogen-bond donors (Lipinski definition) is 0. The molecule has 1 saturated carbocycles. The van der Waals surface area contributed by atoms with Crippen LogP contribution in [0.5, 0.6) is 0 Å². The fourth-order valence-corrected chi connectivity index (χ4v) is 3.97. The molecule has 7 nitrogen and oxygen atoms in total. The maximum Gasteiger partial charge on any atom is 0.334 e. The lowest BCUT2D eigenvalue weighted by atomic mass is 9.77. The van der Waals surface area contributed by atoms with Crippen LogP contribution >= 0.6 is 0 Å². The highest BCUT2D eigenvalue weighted by molar-refractivity contribution is 5.92. The van der Waals surface area contributed by atoms with Crippen molar-refractivity contribution in [2.24, 2.45) is 11.8 Å². The lowest BCUT2D eigenvalue weighted by Crippen LogP contribution is -2.48. The molecule has 5 atom stereocenters. The second-order valence-electron chi connectivity index (χ2n) is 8.24. The first-order valence-corrected chi connectivity index (χ1v) is 9.95. The van der Waals surface area contributed by atoms with Crippen molar-refractivity contribution >= 4 is 23.7 Å². The van der Waals surface area contributed by atoms with Crippen LogP contribution in [0.4, 0.5) is 0 Å². The molecular weight excluding hydrogens is 376 g/mol. The normalized spacial score (nSPS) is 33.6. The molecule has 0 spiro atoms. The van der Waals surface area contributed by atoms with Gasteiger partial charge in [0.05, 0.1) is 5.92 Å². The number of ketones is 1. The average molecular weight is 406 g/mol. The number of esters is 3. The standard InChI is InChI=1S/C22H30O7/c1-7-13(3)20(25)28-17-11-22(6,29-15(5)23)18(24)9-8-12(2)10-16-19(17)14(4)21(26)27-16/h7,12,16-17,19H,4,8-11H2,1-3,5-6H3. The van der Waals surface area contributed by atoms with Crippen LogP contribution in [0.1, 0.15) is 60.3 Å². The van der Waals surface area contributed by atoms with Gasteiger partial charge in [0.15, 0.2) is 11.4 Å². The van der Waals surface area contributed by atoms with Crippen LogP contribution in [0.2, 0.25) is 0 Å². The van der Waals surface area contributed by atoms with E-state index >= 15 is 0 Å². The zero-order valence-electron chi connectivity index (χ0n) is 17.8. The molecule has 5 unspecified atom stereocenters. The molecule has 0 aromatic rings. The maximum atomic E-state index is 12.9. The Labute approximate surface area is 171 Å². The first-order chi connectivity index (χ1) is 13.5. The molecule has 1 heterocycles. The Balaban J connectivity index is 2.50. The molecule has 7 heteroatoms. The fourth-order valence-electron chi connectivity index (χ4n) is 3.97. The van der Waals surface area contributed by atoms with Gasteiger partial charge in [-0.2, -0.15) is 0 Å². The van der Waals surface area contributed by atoms with E-state index in [1.54, 1.807) is 19.9 Å². The quantitative estimate of drug-likeness (QED) is 0.404. The third kappa shape index (κ3) is 5.14. The van der Waals surface area contributed by atoms with E-state index in [4.69, 9.17) is 14.2 Å². The van der Waals surface area contributed by atoms with Gasteiger partial charge >= 0.3 is 17.9 Å². The average Bonchev–Trinajstić information content (AvgIpc) is 2.90. The van der Waals surface area contributed by atoms with Crippen molar-refractivity contribution in [3.05, 3.63) is 23.8 Å². The van der Waals surface area contributed by atoms with Gasteiger partial charge in [0.2, 0.25) is 0 Å². The molecule has 1 saturated heterocycles. The predicted molar refractivity (Wildman–Crippen MR) is 105 cm³/mol. The molecule has 160 valence electrons. The van der Waals surface area contributed by atoms with Gasteiger partial charge in [-0.1, -0.05) is 19.6 Å². The van der Waals surface area contributed by atoms with Crippen molar-refractivity contribution in [2.75, 3.05) is 0 Å². The predicted octanol–water partition coefficient (Wildman–Crippen LogP) is 3.06. The van der Waals surface area contributed by atoms with E-state index in [0.717, 1.165) is 0 Å². The Morgan fingerprint density at radius 1 is 1.28 bits per heavy atom. The van der Waals surface area contributed by atoms with Crippen molar-refractivity contribution in [3.63, 3.8) is 0 Å². The molecule has 1 aliphatic carbocycles. The summed E-state index contributed by atoms with van der Waals surface area (Å²) in [7, 11) is 0. The third-order valence-electron chi connectivity index (χ3n) is 5.79. The fraction of sp³-hybridized carbons (Fsp3) is 0.636. The number of ether oxygens (including phenoxy) is 3. The van der Waals surface area contributed by atoms with E-state index in [9.17, 15) is 19.2 Å². The smallest absolute Gasteiger partial charge is 0.334 e. The van der Waals surface area contributed by atoms with Crippen molar-refractivity contribution < 1.29 is 33.4 Å². The molecule has 0 bridgehead atoms. The molecule has 0 aromatic carbocycles. The van der Waals surface area contributed by atoms with E-state index in [-0.39, 0.29) is 30.1 Å². The lowest BCUT2D eigenvalue weighted by molar-refractivity contribution is -0.172. The van der Waals surface area contributed by atoms with Gasteiger partial charge < -0.3 is 14.2 Å². The molecule has 0 N–H and O–H groups in total. The van der Waals surface area contributed by atoms with Gasteiger partial charge in [-0.25, -0.2) is 9.59 Å². The molecular formula is C22H30O7. The van der Waals surface area contributed by atoms with E-state index in [1.165, 1.54) is 13.8 Å². The van der Waals surface area contributed by atoms with Crippen LogP contribution in [0, 0.1) is 11.8 Å². The summed E-state index contributed by atoms with van der Waals surface area (Å²) in [6.45, 7) is 11.9. The number of hydrogen-bond acceptors (Lipinski definition) is 7. The molecule has 1 aliphatic heterocycles. The first kappa shape index (κ1) is 22.8. The summed E-state index contributed by atoms with van der Waals surface area (Å²) in [6.07, 6.45) is 1.45. The van der Waals surface area contributed by atoms with Gasteiger partial charge in [-0.05, 0) is 39.5 Å². The minimum atomic E-state index is -1.48. The van der Waals surface area contributed by atoms with Crippen LogP contribution in [-0.4, -0.2) is 41.5 Å². The summed E-state index contributed by atoms with van der Waals surface area (Å²) >= 11 is 0. The highest BCUT2D eigenvalue weighted by Crippen LogP contribution is 2.40. The van der Waals surface area contributed by atoms with Crippen molar-refractivity contribution in [1.82, 2.24) is 0 Å². The van der Waals surface area contributed by atoms with Crippen LogP contribution in [0.3, 0.4) is 0 Å². The van der Waals surface area contributed by atoms with Crippen LogP contribution in [0.25, 0.3) is 0 Å². The minimum Gasteiger partial charge on any atom is -0.458 e. The van der Waals surface area contributed by atoms with Gasteiger partial charge in [-0.15, -0.1) is 0 Å². The van der Waals surface area contributed by atoms with Crippen molar-refractivity contribution in [3.8, 4) is 0 Å². The Morgan fingerprint density at radius 3 is 2.52 bits per heavy atom. The Kier molecular flexibility index (Phi) is 7.03. The molecule has 2 rings (SSSR count). The van der Waals surface area contributed by atoms with Crippen molar-refractivity contribution in [1.29, 1.82) is 0 Å². The zero-order valence-corrected chi connectivity index (χ0v) is 17.8. The highest BCUT2D eigenvalue weighted by atomic mass is 16.6. The number of carbonyl (C=O) groups is 4. The maximum absolute atomic E-state index is 12.9. The van der Waals surface area contributed by atoms with Gasteiger partial charge in [-0.3, -0.25) is 9.59 Å². The number of allylic oxidation sites excluding steroid dienone is 1.